The number of methoxy groups -OCH3 is 1. The summed E-state index contributed by atoms with van der Waals surface area (Å²) in [5, 5.41) is 2.51. The number of hydrogen-bond donors (Lipinski definition) is 1. The molecule has 19 heavy (non-hydrogen) atoms. The van der Waals surface area contributed by atoms with Crippen LogP contribution in [0.2, 0.25) is 5.02 Å². The summed E-state index contributed by atoms with van der Waals surface area (Å²) in [6.07, 6.45) is 0. The van der Waals surface area contributed by atoms with Crippen LogP contribution < -0.4 is 5.32 Å². The Morgan fingerprint density at radius 2 is 2.00 bits per heavy atom. The van der Waals surface area contributed by atoms with Crippen LogP contribution in [0.4, 0.5) is 4.39 Å². The van der Waals surface area contributed by atoms with E-state index in [1.54, 1.807) is 13.8 Å². The number of amides is 1. The molecular formula is C13H15ClFNO3. The molecule has 104 valence electrons. The van der Waals surface area contributed by atoms with Gasteiger partial charge in [-0.15, -0.1) is 0 Å². The minimum atomic E-state index is -0.779. The van der Waals surface area contributed by atoms with Crippen molar-refractivity contribution in [3.05, 3.63) is 34.6 Å². The topological polar surface area (TPSA) is 55.4 Å². The van der Waals surface area contributed by atoms with Gasteiger partial charge < -0.3 is 10.1 Å². The molecule has 1 amide bonds. The Hall–Kier alpha value is -1.62. The summed E-state index contributed by atoms with van der Waals surface area (Å²) in [7, 11) is 1.24. The molecule has 0 saturated carbocycles. The Labute approximate surface area is 115 Å². The first-order valence-electron chi connectivity index (χ1n) is 5.70. The van der Waals surface area contributed by atoms with Crippen molar-refractivity contribution in [1.82, 2.24) is 5.32 Å². The number of rotatable bonds is 4. The fourth-order valence-corrected chi connectivity index (χ4v) is 1.77. The average Bonchev–Trinajstić information content (AvgIpc) is 2.34. The van der Waals surface area contributed by atoms with Gasteiger partial charge in [-0.3, -0.25) is 4.79 Å². The molecule has 0 aliphatic rings. The van der Waals surface area contributed by atoms with E-state index in [1.807, 2.05) is 0 Å². The van der Waals surface area contributed by atoms with Gasteiger partial charge in [0.25, 0.3) is 5.91 Å². The van der Waals surface area contributed by atoms with Crippen LogP contribution in [-0.4, -0.2) is 25.0 Å². The van der Waals surface area contributed by atoms with Crippen LogP contribution in [0.15, 0.2) is 18.2 Å². The monoisotopic (exact) mass is 287 g/mol. The van der Waals surface area contributed by atoms with E-state index >= 15 is 0 Å². The third kappa shape index (κ3) is 3.92. The molecule has 0 radical (unpaired) electrons. The molecule has 0 bridgehead atoms. The molecule has 0 aliphatic carbocycles. The van der Waals surface area contributed by atoms with E-state index in [-0.39, 0.29) is 16.5 Å². The van der Waals surface area contributed by atoms with Crippen LogP contribution in [-0.2, 0) is 9.53 Å². The molecule has 1 aromatic carbocycles. The van der Waals surface area contributed by atoms with Gasteiger partial charge in [0.2, 0.25) is 0 Å². The van der Waals surface area contributed by atoms with Crippen molar-refractivity contribution in [1.29, 1.82) is 0 Å². The Bertz CT molecular complexity index is 491. The van der Waals surface area contributed by atoms with E-state index in [0.29, 0.717) is 0 Å². The fourth-order valence-electron chi connectivity index (χ4n) is 1.52. The highest BCUT2D eigenvalue weighted by atomic mass is 35.5. The van der Waals surface area contributed by atoms with Crippen LogP contribution >= 0.6 is 11.6 Å². The highest BCUT2D eigenvalue weighted by Crippen LogP contribution is 2.17. The lowest BCUT2D eigenvalue weighted by Gasteiger charge is -2.20. The van der Waals surface area contributed by atoms with Crippen LogP contribution in [0.5, 0.6) is 0 Å². The maximum absolute atomic E-state index is 12.9. The summed E-state index contributed by atoms with van der Waals surface area (Å²) in [6.45, 7) is 3.54. The zero-order chi connectivity index (χ0) is 14.6. The van der Waals surface area contributed by atoms with Gasteiger partial charge in [0.05, 0.1) is 17.7 Å². The molecule has 0 unspecified atom stereocenters. The number of esters is 1. The summed E-state index contributed by atoms with van der Waals surface area (Å²) in [5.74, 6) is -1.76. The SMILES string of the molecule is COC(=O)[C@@H](NC(=O)c1ccc(F)cc1Cl)C(C)C. The summed E-state index contributed by atoms with van der Waals surface area (Å²) >= 11 is 5.78. The lowest BCUT2D eigenvalue weighted by Crippen LogP contribution is -2.45. The van der Waals surface area contributed by atoms with Crippen molar-refractivity contribution in [2.45, 2.75) is 19.9 Å². The smallest absolute Gasteiger partial charge is 0.328 e. The minimum absolute atomic E-state index is 0.00938. The number of carbonyl (C=O) groups excluding carboxylic acids is 2. The lowest BCUT2D eigenvalue weighted by molar-refractivity contribution is -0.144. The molecule has 1 aromatic rings. The van der Waals surface area contributed by atoms with Gasteiger partial charge >= 0.3 is 5.97 Å². The highest BCUT2D eigenvalue weighted by Gasteiger charge is 2.26. The van der Waals surface area contributed by atoms with E-state index in [4.69, 9.17) is 11.6 Å². The molecular weight excluding hydrogens is 273 g/mol. The fraction of sp³-hybridized carbons (Fsp3) is 0.385. The zero-order valence-electron chi connectivity index (χ0n) is 10.9. The van der Waals surface area contributed by atoms with Gasteiger partial charge in [-0.05, 0) is 24.1 Å². The number of benzene rings is 1. The molecule has 1 atom stereocenters. The molecule has 6 heteroatoms. The normalized spacial score (nSPS) is 12.1. The second-order valence-corrected chi connectivity index (χ2v) is 4.75. The third-order valence-electron chi connectivity index (χ3n) is 2.58. The average molecular weight is 288 g/mol. The molecule has 1 rings (SSSR count). The van der Waals surface area contributed by atoms with Crippen molar-refractivity contribution in [3.63, 3.8) is 0 Å². The van der Waals surface area contributed by atoms with Gasteiger partial charge in [0, 0.05) is 0 Å². The minimum Gasteiger partial charge on any atom is -0.467 e. The zero-order valence-corrected chi connectivity index (χ0v) is 11.6. The molecule has 1 N–H and O–H groups in total. The molecule has 0 spiro atoms. The standard InChI is InChI=1S/C13H15ClFNO3/c1-7(2)11(13(18)19-3)16-12(17)9-5-4-8(15)6-10(9)14/h4-7,11H,1-3H3,(H,16,17)/t11-/m0/s1. The third-order valence-corrected chi connectivity index (χ3v) is 2.90. The number of nitrogens with one attached hydrogen (secondary N) is 1. The summed E-state index contributed by atoms with van der Waals surface area (Å²) in [6, 6.07) is 2.66. The summed E-state index contributed by atoms with van der Waals surface area (Å²) in [5.41, 5.74) is 0.109. The van der Waals surface area contributed by atoms with Crippen molar-refractivity contribution in [3.8, 4) is 0 Å². The number of carbonyl (C=O) groups is 2. The van der Waals surface area contributed by atoms with Crippen LogP contribution in [0.25, 0.3) is 0 Å². The summed E-state index contributed by atoms with van der Waals surface area (Å²) in [4.78, 5) is 23.5. The van der Waals surface area contributed by atoms with E-state index in [2.05, 4.69) is 10.1 Å². The van der Waals surface area contributed by atoms with Crippen LogP contribution in [0.1, 0.15) is 24.2 Å². The largest absolute Gasteiger partial charge is 0.467 e. The van der Waals surface area contributed by atoms with Crippen LogP contribution in [0, 0.1) is 11.7 Å². The van der Waals surface area contributed by atoms with E-state index in [0.717, 1.165) is 12.1 Å². The predicted octanol–water partition coefficient (Wildman–Crippen LogP) is 2.41. The van der Waals surface area contributed by atoms with Gasteiger partial charge in [-0.2, -0.15) is 0 Å². The first kappa shape index (κ1) is 15.4. The quantitative estimate of drug-likeness (QED) is 0.865. The molecule has 4 nitrogen and oxygen atoms in total. The first-order valence-corrected chi connectivity index (χ1v) is 6.08. The van der Waals surface area contributed by atoms with Gasteiger partial charge in [0.1, 0.15) is 11.9 Å². The van der Waals surface area contributed by atoms with Gasteiger partial charge in [-0.25, -0.2) is 9.18 Å². The molecule has 0 saturated heterocycles. The number of hydrogen-bond acceptors (Lipinski definition) is 3. The Balaban J connectivity index is 2.91. The van der Waals surface area contributed by atoms with Gasteiger partial charge in [-0.1, -0.05) is 25.4 Å². The molecule has 0 aromatic heterocycles. The maximum Gasteiger partial charge on any atom is 0.328 e. The second kappa shape index (κ2) is 6.52. The second-order valence-electron chi connectivity index (χ2n) is 4.34. The van der Waals surface area contributed by atoms with Crippen molar-refractivity contribution < 1.29 is 18.7 Å². The van der Waals surface area contributed by atoms with Crippen LogP contribution in [0.3, 0.4) is 0 Å². The molecule has 0 fully saturated rings. The van der Waals surface area contributed by atoms with E-state index in [1.165, 1.54) is 13.2 Å². The number of ether oxygens (including phenoxy) is 1. The number of halogens is 2. The Kier molecular flexibility index (Phi) is 5.30. The predicted molar refractivity (Wildman–Crippen MR) is 69.5 cm³/mol. The van der Waals surface area contributed by atoms with Crippen molar-refractivity contribution in [2.24, 2.45) is 5.92 Å². The molecule has 0 aliphatic heterocycles. The van der Waals surface area contributed by atoms with Crippen molar-refractivity contribution >= 4 is 23.5 Å². The Morgan fingerprint density at radius 1 is 1.37 bits per heavy atom. The highest BCUT2D eigenvalue weighted by molar-refractivity contribution is 6.33. The van der Waals surface area contributed by atoms with Gasteiger partial charge in [0.15, 0.2) is 0 Å². The maximum atomic E-state index is 12.9. The van der Waals surface area contributed by atoms with E-state index < -0.39 is 23.7 Å². The Morgan fingerprint density at radius 3 is 2.47 bits per heavy atom. The lowest BCUT2D eigenvalue weighted by atomic mass is 10.0. The molecule has 0 heterocycles. The first-order chi connectivity index (χ1) is 8.86. The van der Waals surface area contributed by atoms with Crippen molar-refractivity contribution in [2.75, 3.05) is 7.11 Å². The summed E-state index contributed by atoms with van der Waals surface area (Å²) < 4.78 is 17.5. The van der Waals surface area contributed by atoms with E-state index in [9.17, 15) is 14.0 Å².